The molecule has 1 aromatic rings. The Morgan fingerprint density at radius 3 is 2.83 bits per heavy atom. The first-order chi connectivity index (χ1) is 8.63. The van der Waals surface area contributed by atoms with Gasteiger partial charge in [0, 0.05) is 11.8 Å². The molecule has 0 fully saturated rings. The molecule has 1 heterocycles. The number of rotatable bonds is 3. The van der Waals surface area contributed by atoms with Gasteiger partial charge in [0.1, 0.15) is 5.82 Å². The van der Waals surface area contributed by atoms with Crippen LogP contribution in [-0.4, -0.2) is 23.0 Å². The largest absolute Gasteiger partial charge is 0.362 e. The Balaban J connectivity index is 1.88. The van der Waals surface area contributed by atoms with E-state index in [1.54, 1.807) is 11.8 Å². The Morgan fingerprint density at radius 2 is 2.17 bits per heavy atom. The Labute approximate surface area is 112 Å². The highest BCUT2D eigenvalue weighted by Crippen LogP contribution is 2.16. The van der Waals surface area contributed by atoms with Gasteiger partial charge in [-0.1, -0.05) is 23.9 Å². The molecule has 1 N–H and O–H groups in total. The van der Waals surface area contributed by atoms with Crippen LogP contribution in [0.3, 0.4) is 0 Å². The van der Waals surface area contributed by atoms with Crippen molar-refractivity contribution in [1.82, 2.24) is 5.32 Å². The van der Waals surface area contributed by atoms with E-state index in [9.17, 15) is 4.39 Å². The van der Waals surface area contributed by atoms with Gasteiger partial charge in [0.25, 0.3) is 0 Å². The number of benzene rings is 1. The van der Waals surface area contributed by atoms with Gasteiger partial charge in [0.2, 0.25) is 0 Å². The van der Waals surface area contributed by atoms with Crippen LogP contribution >= 0.6 is 11.8 Å². The zero-order valence-corrected chi connectivity index (χ0v) is 11.6. The Hall–Kier alpha value is -1.03. The number of nitrogens with one attached hydrogen (secondary N) is 1. The highest BCUT2D eigenvalue weighted by Gasteiger charge is 2.13. The zero-order valence-electron chi connectivity index (χ0n) is 10.8. The van der Waals surface area contributed by atoms with Gasteiger partial charge in [0.15, 0.2) is 5.17 Å². The van der Waals surface area contributed by atoms with E-state index >= 15 is 0 Å². The van der Waals surface area contributed by atoms with Crippen LogP contribution in [0.5, 0.6) is 0 Å². The standard InChI is InChI=1S/C14H19FN2S/c1-10-7-8-18-14(16-10)17-11(2)9-12-3-5-13(15)6-4-12/h3-6,10-11H,7-9H2,1-2H3,(H,16,17). The van der Waals surface area contributed by atoms with Gasteiger partial charge in [-0.3, -0.25) is 4.99 Å². The third kappa shape index (κ3) is 4.02. The van der Waals surface area contributed by atoms with Crippen molar-refractivity contribution < 1.29 is 4.39 Å². The van der Waals surface area contributed by atoms with Crippen molar-refractivity contribution in [3.8, 4) is 0 Å². The van der Waals surface area contributed by atoms with E-state index in [0.717, 1.165) is 29.3 Å². The maximum Gasteiger partial charge on any atom is 0.157 e. The minimum atomic E-state index is -0.180. The Bertz CT molecular complexity index is 416. The lowest BCUT2D eigenvalue weighted by Crippen LogP contribution is -2.34. The Kier molecular flexibility index (Phi) is 4.64. The van der Waals surface area contributed by atoms with Gasteiger partial charge in [-0.05, 0) is 44.4 Å². The van der Waals surface area contributed by atoms with Crippen LogP contribution < -0.4 is 5.32 Å². The summed E-state index contributed by atoms with van der Waals surface area (Å²) in [7, 11) is 0. The number of thioether (sulfide) groups is 1. The van der Waals surface area contributed by atoms with Gasteiger partial charge in [-0.25, -0.2) is 4.39 Å². The van der Waals surface area contributed by atoms with Crippen molar-refractivity contribution in [2.75, 3.05) is 5.75 Å². The van der Waals surface area contributed by atoms with Crippen LogP contribution in [0.15, 0.2) is 29.3 Å². The SMILES string of the molecule is CC1CCSC(NC(C)Cc2ccc(F)cc2)=N1. The molecule has 98 valence electrons. The maximum atomic E-state index is 12.8. The summed E-state index contributed by atoms with van der Waals surface area (Å²) in [4.78, 5) is 4.59. The van der Waals surface area contributed by atoms with E-state index < -0.39 is 0 Å². The minimum absolute atomic E-state index is 0.180. The quantitative estimate of drug-likeness (QED) is 0.908. The van der Waals surface area contributed by atoms with E-state index in [2.05, 4.69) is 24.2 Å². The van der Waals surface area contributed by atoms with Crippen molar-refractivity contribution in [2.45, 2.75) is 38.8 Å². The molecular formula is C14H19FN2S. The number of aliphatic imine (C=N–C) groups is 1. The normalized spacial score (nSPS) is 21.3. The monoisotopic (exact) mass is 266 g/mol. The average molecular weight is 266 g/mol. The van der Waals surface area contributed by atoms with E-state index in [1.807, 2.05) is 12.1 Å². The second kappa shape index (κ2) is 6.23. The van der Waals surface area contributed by atoms with Crippen LogP contribution in [0.25, 0.3) is 0 Å². The van der Waals surface area contributed by atoms with Crippen molar-refractivity contribution in [3.05, 3.63) is 35.6 Å². The van der Waals surface area contributed by atoms with E-state index in [1.165, 1.54) is 12.1 Å². The summed E-state index contributed by atoms with van der Waals surface area (Å²) in [6, 6.07) is 7.44. The predicted octanol–water partition coefficient (Wildman–Crippen LogP) is 3.23. The third-order valence-electron chi connectivity index (χ3n) is 2.94. The lowest BCUT2D eigenvalue weighted by molar-refractivity contribution is 0.622. The molecule has 1 aliphatic rings. The first-order valence-electron chi connectivity index (χ1n) is 6.35. The fourth-order valence-corrected chi connectivity index (χ4v) is 3.13. The van der Waals surface area contributed by atoms with Gasteiger partial charge in [-0.15, -0.1) is 0 Å². The minimum Gasteiger partial charge on any atom is -0.362 e. The van der Waals surface area contributed by atoms with Gasteiger partial charge in [-0.2, -0.15) is 0 Å². The summed E-state index contributed by atoms with van der Waals surface area (Å²) in [5.41, 5.74) is 1.14. The molecule has 0 radical (unpaired) electrons. The van der Waals surface area contributed by atoms with E-state index in [4.69, 9.17) is 0 Å². The van der Waals surface area contributed by atoms with Crippen LogP contribution in [-0.2, 0) is 6.42 Å². The van der Waals surface area contributed by atoms with Crippen molar-refractivity contribution in [2.24, 2.45) is 4.99 Å². The van der Waals surface area contributed by atoms with Crippen molar-refractivity contribution in [3.63, 3.8) is 0 Å². The number of amidine groups is 1. The molecular weight excluding hydrogens is 247 g/mol. The molecule has 18 heavy (non-hydrogen) atoms. The second-order valence-electron chi connectivity index (χ2n) is 4.80. The fraction of sp³-hybridized carbons (Fsp3) is 0.500. The molecule has 0 bridgehead atoms. The van der Waals surface area contributed by atoms with Crippen molar-refractivity contribution in [1.29, 1.82) is 0 Å². The molecule has 2 nitrogen and oxygen atoms in total. The second-order valence-corrected chi connectivity index (χ2v) is 5.88. The lowest BCUT2D eigenvalue weighted by atomic mass is 10.1. The molecule has 0 saturated carbocycles. The molecule has 4 heteroatoms. The Morgan fingerprint density at radius 1 is 1.44 bits per heavy atom. The zero-order chi connectivity index (χ0) is 13.0. The molecule has 0 spiro atoms. The van der Waals surface area contributed by atoms with E-state index in [-0.39, 0.29) is 5.82 Å². The fourth-order valence-electron chi connectivity index (χ4n) is 1.94. The third-order valence-corrected chi connectivity index (χ3v) is 3.87. The number of nitrogens with zero attached hydrogens (tertiary/aromatic N) is 1. The number of hydrogen-bond acceptors (Lipinski definition) is 3. The summed E-state index contributed by atoms with van der Waals surface area (Å²) in [5, 5.41) is 4.48. The highest BCUT2D eigenvalue weighted by molar-refractivity contribution is 8.13. The predicted molar refractivity (Wildman–Crippen MR) is 76.7 cm³/mol. The van der Waals surface area contributed by atoms with Crippen LogP contribution in [0, 0.1) is 5.82 Å². The molecule has 0 saturated heterocycles. The van der Waals surface area contributed by atoms with Crippen LogP contribution in [0.4, 0.5) is 4.39 Å². The molecule has 0 aliphatic carbocycles. The molecule has 1 aliphatic heterocycles. The molecule has 2 rings (SSSR count). The topological polar surface area (TPSA) is 24.4 Å². The first-order valence-corrected chi connectivity index (χ1v) is 7.33. The van der Waals surface area contributed by atoms with Gasteiger partial charge >= 0.3 is 0 Å². The first kappa shape index (κ1) is 13.4. The lowest BCUT2D eigenvalue weighted by Gasteiger charge is -2.21. The highest BCUT2D eigenvalue weighted by atomic mass is 32.2. The average Bonchev–Trinajstić information content (AvgIpc) is 2.32. The van der Waals surface area contributed by atoms with Crippen molar-refractivity contribution >= 4 is 16.9 Å². The smallest absolute Gasteiger partial charge is 0.157 e. The van der Waals surface area contributed by atoms with Crippen LogP contribution in [0.2, 0.25) is 0 Å². The van der Waals surface area contributed by atoms with Gasteiger partial charge < -0.3 is 5.32 Å². The van der Waals surface area contributed by atoms with Gasteiger partial charge in [0.05, 0.1) is 6.04 Å². The van der Waals surface area contributed by atoms with Crippen LogP contribution in [0.1, 0.15) is 25.8 Å². The molecule has 2 atom stereocenters. The summed E-state index contributed by atoms with van der Waals surface area (Å²) < 4.78 is 12.8. The summed E-state index contributed by atoms with van der Waals surface area (Å²) in [6.07, 6.45) is 2.04. The molecule has 0 amide bonds. The summed E-state index contributed by atoms with van der Waals surface area (Å²) in [5.74, 6) is 0.955. The summed E-state index contributed by atoms with van der Waals surface area (Å²) >= 11 is 1.79. The number of halogens is 1. The molecule has 0 aromatic heterocycles. The summed E-state index contributed by atoms with van der Waals surface area (Å²) in [6.45, 7) is 4.28. The maximum absolute atomic E-state index is 12.8. The number of hydrogen-bond donors (Lipinski definition) is 1. The molecule has 2 unspecified atom stereocenters. The molecule has 1 aromatic carbocycles. The van der Waals surface area contributed by atoms with E-state index in [0.29, 0.717) is 12.1 Å².